The normalized spacial score (nSPS) is 15.2. The number of nitrogens with one attached hydrogen (secondary N) is 1. The lowest BCUT2D eigenvalue weighted by atomic mass is 9.98. The molecule has 1 heterocycles. The van der Waals surface area contributed by atoms with E-state index >= 15 is 0 Å². The van der Waals surface area contributed by atoms with E-state index < -0.39 is 14.9 Å². The Balaban J connectivity index is 1.84. The Labute approximate surface area is 163 Å². The quantitative estimate of drug-likeness (QED) is 0.609. The highest BCUT2D eigenvalue weighted by Crippen LogP contribution is 2.25. The number of hydrogen-bond donors (Lipinski definition) is 1. The number of carbonyl (C=O) groups is 1. The zero-order valence-corrected chi connectivity index (χ0v) is 16.2. The summed E-state index contributed by atoms with van der Waals surface area (Å²) in [5.41, 5.74) is 0.265. The topological polar surface area (TPSA) is 110 Å². The number of rotatable bonds is 5. The van der Waals surface area contributed by atoms with Gasteiger partial charge in [-0.3, -0.25) is 19.6 Å². The summed E-state index contributed by atoms with van der Waals surface area (Å²) >= 11 is 0. The van der Waals surface area contributed by atoms with Crippen molar-refractivity contribution in [3.05, 3.63) is 64.2 Å². The van der Waals surface area contributed by atoms with Gasteiger partial charge in [-0.25, -0.2) is 8.42 Å². The summed E-state index contributed by atoms with van der Waals surface area (Å²) in [6, 6.07) is 11.0. The first-order chi connectivity index (χ1) is 13.3. The molecule has 0 aromatic heterocycles. The van der Waals surface area contributed by atoms with Crippen LogP contribution in [0.5, 0.6) is 0 Å². The average Bonchev–Trinajstić information content (AvgIpc) is 2.68. The second kappa shape index (κ2) is 7.97. The summed E-state index contributed by atoms with van der Waals surface area (Å²) in [4.78, 5) is 24.6. The number of carbonyl (C=O) groups excluding carboxylic acids is 1. The van der Waals surface area contributed by atoms with Crippen molar-refractivity contribution in [1.82, 2.24) is 4.90 Å². The van der Waals surface area contributed by atoms with Crippen molar-refractivity contribution in [3.63, 3.8) is 0 Å². The molecule has 3 rings (SSSR count). The van der Waals surface area contributed by atoms with E-state index in [4.69, 9.17) is 0 Å². The molecule has 2 aromatic carbocycles. The smallest absolute Gasteiger partial charge is 0.269 e. The molecule has 0 unspecified atom stereocenters. The zero-order valence-electron chi connectivity index (χ0n) is 15.4. The summed E-state index contributed by atoms with van der Waals surface area (Å²) in [6.07, 6.45) is 1.84. The van der Waals surface area contributed by atoms with Crippen LogP contribution in [0.25, 0.3) is 0 Å². The summed E-state index contributed by atoms with van der Waals surface area (Å²) in [5, 5.41) is 10.7. The van der Waals surface area contributed by atoms with Gasteiger partial charge >= 0.3 is 0 Å². The highest BCUT2D eigenvalue weighted by molar-refractivity contribution is 7.92. The van der Waals surface area contributed by atoms with Gasteiger partial charge in [-0.2, -0.15) is 0 Å². The molecule has 0 bridgehead atoms. The van der Waals surface area contributed by atoms with Crippen LogP contribution in [0.3, 0.4) is 0 Å². The molecule has 1 aliphatic rings. The number of sulfonamides is 1. The number of benzene rings is 2. The molecule has 1 N–H and O–H groups in total. The third-order valence-electron chi connectivity index (χ3n) is 4.83. The van der Waals surface area contributed by atoms with Crippen LogP contribution >= 0.6 is 0 Å². The van der Waals surface area contributed by atoms with Crippen LogP contribution in [0.1, 0.15) is 30.1 Å². The van der Waals surface area contributed by atoms with Crippen LogP contribution in [0.15, 0.2) is 53.4 Å². The molecule has 0 atom stereocenters. The number of likely N-dealkylation sites (tertiary alicyclic amines) is 1. The molecule has 0 aliphatic carbocycles. The zero-order chi connectivity index (χ0) is 20.3. The van der Waals surface area contributed by atoms with Crippen molar-refractivity contribution in [1.29, 1.82) is 0 Å². The first-order valence-corrected chi connectivity index (χ1v) is 10.4. The number of anilines is 1. The predicted molar refractivity (Wildman–Crippen MR) is 105 cm³/mol. The minimum absolute atomic E-state index is 0.118. The second-order valence-electron chi connectivity index (χ2n) is 6.88. The summed E-state index contributed by atoms with van der Waals surface area (Å²) in [7, 11) is -3.99. The Hall–Kier alpha value is -2.94. The van der Waals surface area contributed by atoms with E-state index in [1.165, 1.54) is 6.07 Å². The largest absolute Gasteiger partial charge is 0.339 e. The van der Waals surface area contributed by atoms with Crippen molar-refractivity contribution >= 4 is 27.3 Å². The number of amides is 1. The lowest BCUT2D eigenvalue weighted by Gasteiger charge is -2.30. The number of para-hydroxylation sites is 1. The van der Waals surface area contributed by atoms with Crippen molar-refractivity contribution in [2.45, 2.75) is 24.7 Å². The Bertz CT molecular complexity index is 981. The number of non-ortho nitro benzene ring substituents is 1. The first-order valence-electron chi connectivity index (χ1n) is 8.93. The van der Waals surface area contributed by atoms with E-state index in [2.05, 4.69) is 11.6 Å². The van der Waals surface area contributed by atoms with Crippen molar-refractivity contribution in [2.75, 3.05) is 17.8 Å². The van der Waals surface area contributed by atoms with Gasteiger partial charge in [0, 0.05) is 25.2 Å². The van der Waals surface area contributed by atoms with Gasteiger partial charge in [0.25, 0.3) is 21.6 Å². The Kier molecular flexibility index (Phi) is 5.64. The van der Waals surface area contributed by atoms with Crippen molar-refractivity contribution < 1.29 is 18.1 Å². The molecule has 2 aromatic rings. The molecule has 8 nitrogen and oxygen atoms in total. The molecular formula is C19H21N3O5S. The van der Waals surface area contributed by atoms with Gasteiger partial charge < -0.3 is 4.90 Å². The number of nitrogens with zero attached hydrogens (tertiary/aromatic N) is 2. The van der Waals surface area contributed by atoms with Gasteiger partial charge in [0.05, 0.1) is 21.1 Å². The molecule has 148 valence electrons. The highest BCUT2D eigenvalue weighted by Gasteiger charge is 2.25. The van der Waals surface area contributed by atoms with Crippen LogP contribution in [0.2, 0.25) is 0 Å². The van der Waals surface area contributed by atoms with Gasteiger partial charge in [0.15, 0.2) is 0 Å². The minimum atomic E-state index is -3.99. The fourth-order valence-corrected chi connectivity index (χ4v) is 4.17. The molecule has 0 radical (unpaired) electrons. The van der Waals surface area contributed by atoms with E-state index in [9.17, 15) is 23.3 Å². The molecule has 9 heteroatoms. The van der Waals surface area contributed by atoms with E-state index in [0.29, 0.717) is 19.0 Å². The third kappa shape index (κ3) is 4.30. The fraction of sp³-hybridized carbons (Fsp3) is 0.316. The summed E-state index contributed by atoms with van der Waals surface area (Å²) in [6.45, 7) is 3.43. The van der Waals surface area contributed by atoms with Crippen molar-refractivity contribution in [3.8, 4) is 0 Å². The molecule has 0 saturated carbocycles. The van der Waals surface area contributed by atoms with E-state index in [0.717, 1.165) is 37.1 Å². The predicted octanol–water partition coefficient (Wildman–Crippen LogP) is 3.27. The van der Waals surface area contributed by atoms with Gasteiger partial charge in [0.1, 0.15) is 0 Å². The van der Waals surface area contributed by atoms with Gasteiger partial charge in [0.2, 0.25) is 0 Å². The molecule has 1 saturated heterocycles. The highest BCUT2D eigenvalue weighted by atomic mass is 32.2. The van der Waals surface area contributed by atoms with Crippen LogP contribution in [0, 0.1) is 16.0 Å². The van der Waals surface area contributed by atoms with Gasteiger partial charge in [-0.1, -0.05) is 19.1 Å². The second-order valence-corrected chi connectivity index (χ2v) is 8.56. The van der Waals surface area contributed by atoms with E-state index in [1.807, 2.05) is 0 Å². The molecule has 28 heavy (non-hydrogen) atoms. The Morgan fingerprint density at radius 2 is 1.71 bits per heavy atom. The summed E-state index contributed by atoms with van der Waals surface area (Å²) in [5.74, 6) is 0.355. The maximum absolute atomic E-state index is 12.9. The van der Waals surface area contributed by atoms with Gasteiger partial charge in [-0.05, 0) is 43.0 Å². The molecule has 1 fully saturated rings. The van der Waals surface area contributed by atoms with Crippen LogP contribution in [0.4, 0.5) is 11.4 Å². The maximum Gasteiger partial charge on any atom is 0.269 e. The molecular weight excluding hydrogens is 382 g/mol. The summed E-state index contributed by atoms with van der Waals surface area (Å²) < 4.78 is 27.8. The lowest BCUT2D eigenvalue weighted by Crippen LogP contribution is -2.38. The average molecular weight is 403 g/mol. The Morgan fingerprint density at radius 3 is 2.32 bits per heavy atom. The number of piperidine rings is 1. The monoisotopic (exact) mass is 403 g/mol. The molecule has 0 spiro atoms. The van der Waals surface area contributed by atoms with Crippen molar-refractivity contribution in [2.24, 2.45) is 5.92 Å². The van der Waals surface area contributed by atoms with Gasteiger partial charge in [-0.15, -0.1) is 0 Å². The minimum Gasteiger partial charge on any atom is -0.339 e. The number of nitro groups is 1. The Morgan fingerprint density at radius 1 is 1.11 bits per heavy atom. The standard InChI is InChI=1S/C19H21N3O5S/c1-14-10-12-21(13-11-14)19(23)17-4-2-3-5-18(17)20-28(26,27)16-8-6-15(7-9-16)22(24)25/h2-9,14,20H,10-13H2,1H3. The first kappa shape index (κ1) is 19.8. The van der Waals surface area contributed by atoms with Crippen LogP contribution < -0.4 is 4.72 Å². The third-order valence-corrected chi connectivity index (χ3v) is 6.21. The van der Waals surface area contributed by atoms with Crippen LogP contribution in [-0.2, 0) is 10.0 Å². The molecule has 1 aliphatic heterocycles. The van der Waals surface area contributed by atoms with Crippen LogP contribution in [-0.4, -0.2) is 37.2 Å². The van der Waals surface area contributed by atoms with E-state index in [-0.39, 0.29) is 27.7 Å². The number of nitro benzene ring substituents is 1. The SMILES string of the molecule is CC1CCN(C(=O)c2ccccc2NS(=O)(=O)c2ccc([N+](=O)[O-])cc2)CC1. The molecule has 1 amide bonds. The number of hydrogen-bond acceptors (Lipinski definition) is 5. The maximum atomic E-state index is 12.9. The lowest BCUT2D eigenvalue weighted by molar-refractivity contribution is -0.384. The fourth-order valence-electron chi connectivity index (χ4n) is 3.09. The van der Waals surface area contributed by atoms with E-state index in [1.54, 1.807) is 23.1 Å².